The first-order chi connectivity index (χ1) is 3.85. The van der Waals surface area contributed by atoms with Gasteiger partial charge in [0.2, 0.25) is 0 Å². The number of hydrogen-bond acceptors (Lipinski definition) is 0. The Morgan fingerprint density at radius 2 is 1.88 bits per heavy atom. The van der Waals surface area contributed by atoms with Gasteiger partial charge in [-0.05, 0) is 0 Å². The summed E-state index contributed by atoms with van der Waals surface area (Å²) in [5, 5.41) is 4.28. The summed E-state index contributed by atoms with van der Waals surface area (Å²) < 4.78 is 0. The molecule has 0 spiro atoms. The Kier molecular flexibility index (Phi) is 5.61. The fourth-order valence-corrected chi connectivity index (χ4v) is 3.86. The molecule has 0 aromatic rings. The molecule has 0 rings (SSSR count). The molecule has 0 saturated carbocycles. The first-order valence-corrected chi connectivity index (χ1v) is 7.74. The molecule has 47 valence electrons. The van der Waals surface area contributed by atoms with Gasteiger partial charge in [0.15, 0.2) is 0 Å². The van der Waals surface area contributed by atoms with Gasteiger partial charge in [-0.15, -0.1) is 0 Å². The molecule has 0 bridgehead atoms. The SMILES string of the molecule is C=C[CH2][Ge]([CH2]C)[CH2]C. The van der Waals surface area contributed by atoms with Crippen LogP contribution in [0.4, 0.5) is 0 Å². The van der Waals surface area contributed by atoms with Crippen molar-refractivity contribution in [3.05, 3.63) is 12.7 Å². The zero-order valence-corrected chi connectivity index (χ0v) is 8.00. The van der Waals surface area contributed by atoms with E-state index in [9.17, 15) is 0 Å². The minimum atomic E-state index is -0.549. The maximum atomic E-state index is 3.74. The molecule has 8 heavy (non-hydrogen) atoms. The van der Waals surface area contributed by atoms with Gasteiger partial charge < -0.3 is 0 Å². The molecule has 0 N–H and O–H groups in total. The summed E-state index contributed by atoms with van der Waals surface area (Å²) in [5.41, 5.74) is 0. The molecular formula is C7H15Ge. The van der Waals surface area contributed by atoms with Gasteiger partial charge in [0, 0.05) is 0 Å². The molecule has 0 aromatic carbocycles. The van der Waals surface area contributed by atoms with Crippen molar-refractivity contribution in [1.29, 1.82) is 0 Å². The van der Waals surface area contributed by atoms with Gasteiger partial charge in [-0.1, -0.05) is 0 Å². The van der Waals surface area contributed by atoms with Crippen molar-refractivity contribution in [1.82, 2.24) is 0 Å². The first kappa shape index (κ1) is 8.28. The Labute approximate surface area is 57.1 Å². The van der Waals surface area contributed by atoms with E-state index in [0.29, 0.717) is 0 Å². The topological polar surface area (TPSA) is 0 Å². The zero-order valence-electron chi connectivity index (χ0n) is 5.91. The van der Waals surface area contributed by atoms with Crippen LogP contribution in [0.25, 0.3) is 0 Å². The molecule has 0 amide bonds. The van der Waals surface area contributed by atoms with E-state index in [0.717, 1.165) is 0 Å². The van der Waals surface area contributed by atoms with E-state index in [2.05, 4.69) is 26.5 Å². The summed E-state index contributed by atoms with van der Waals surface area (Å²) >= 11 is -0.549. The summed E-state index contributed by atoms with van der Waals surface area (Å²) in [6.45, 7) is 8.35. The van der Waals surface area contributed by atoms with Crippen LogP contribution < -0.4 is 0 Å². The number of rotatable bonds is 4. The second-order valence-electron chi connectivity index (χ2n) is 1.95. The predicted octanol–water partition coefficient (Wildman–Crippen LogP) is 2.71. The molecule has 1 heteroatoms. The van der Waals surface area contributed by atoms with Crippen molar-refractivity contribution in [2.75, 3.05) is 0 Å². The Hall–Kier alpha value is 0.283. The molecule has 1 radical (unpaired) electrons. The molecule has 0 aliphatic carbocycles. The quantitative estimate of drug-likeness (QED) is 0.451. The Balaban J connectivity index is 3.20. The van der Waals surface area contributed by atoms with E-state index in [4.69, 9.17) is 0 Å². The van der Waals surface area contributed by atoms with E-state index in [1.165, 1.54) is 15.8 Å². The van der Waals surface area contributed by atoms with Gasteiger partial charge in [0.05, 0.1) is 0 Å². The van der Waals surface area contributed by atoms with Crippen LogP contribution in [0.2, 0.25) is 15.8 Å². The molecule has 0 unspecified atom stereocenters. The predicted molar refractivity (Wildman–Crippen MR) is 41.7 cm³/mol. The van der Waals surface area contributed by atoms with Crippen LogP contribution in [0, 0.1) is 0 Å². The van der Waals surface area contributed by atoms with E-state index >= 15 is 0 Å². The van der Waals surface area contributed by atoms with Gasteiger partial charge in [-0.2, -0.15) is 0 Å². The van der Waals surface area contributed by atoms with Crippen LogP contribution in [-0.4, -0.2) is 14.3 Å². The molecule has 0 atom stereocenters. The third-order valence-electron chi connectivity index (χ3n) is 1.43. The third kappa shape index (κ3) is 3.31. The molecule has 0 aliphatic heterocycles. The summed E-state index contributed by atoms with van der Waals surface area (Å²) in [4.78, 5) is 0. The molecule has 0 aliphatic rings. The van der Waals surface area contributed by atoms with Crippen molar-refractivity contribution in [3.8, 4) is 0 Å². The fourth-order valence-electron chi connectivity index (χ4n) is 0.743. The Morgan fingerprint density at radius 3 is 2.00 bits per heavy atom. The monoisotopic (exact) mass is 173 g/mol. The van der Waals surface area contributed by atoms with Gasteiger partial charge in [-0.3, -0.25) is 0 Å². The summed E-state index contributed by atoms with van der Waals surface area (Å²) in [6, 6.07) is 0. The van der Waals surface area contributed by atoms with Crippen molar-refractivity contribution in [2.45, 2.75) is 29.6 Å². The second kappa shape index (κ2) is 5.42. The van der Waals surface area contributed by atoms with E-state index in [1.807, 2.05) is 0 Å². The standard InChI is InChI=1S/C7H15Ge/c1-4-7-8(5-2)6-3/h4H,1,5-7H2,2-3H3. The van der Waals surface area contributed by atoms with Gasteiger partial charge in [-0.25, -0.2) is 0 Å². The Bertz CT molecular complexity index is 55.4. The fraction of sp³-hybridized carbons (Fsp3) is 0.714. The molecular weight excluding hydrogens is 157 g/mol. The van der Waals surface area contributed by atoms with E-state index in [-0.39, 0.29) is 0 Å². The van der Waals surface area contributed by atoms with E-state index < -0.39 is 14.3 Å². The summed E-state index contributed by atoms with van der Waals surface area (Å²) in [7, 11) is 0. The van der Waals surface area contributed by atoms with Crippen LogP contribution in [0.1, 0.15) is 13.8 Å². The zero-order chi connectivity index (χ0) is 6.41. The molecule has 0 aromatic heterocycles. The average Bonchev–Trinajstić information content (AvgIpc) is 1.83. The minimum absolute atomic E-state index is 0.549. The third-order valence-corrected chi connectivity index (χ3v) is 7.45. The van der Waals surface area contributed by atoms with Crippen molar-refractivity contribution >= 4 is 14.3 Å². The normalized spacial score (nSPS) is 9.88. The van der Waals surface area contributed by atoms with Crippen LogP contribution in [-0.2, 0) is 0 Å². The van der Waals surface area contributed by atoms with Crippen molar-refractivity contribution in [3.63, 3.8) is 0 Å². The van der Waals surface area contributed by atoms with Crippen LogP contribution in [0.3, 0.4) is 0 Å². The van der Waals surface area contributed by atoms with Gasteiger partial charge >= 0.3 is 56.6 Å². The van der Waals surface area contributed by atoms with Crippen LogP contribution in [0.5, 0.6) is 0 Å². The molecule has 0 heterocycles. The van der Waals surface area contributed by atoms with Crippen molar-refractivity contribution in [2.24, 2.45) is 0 Å². The Morgan fingerprint density at radius 1 is 1.38 bits per heavy atom. The summed E-state index contributed by atoms with van der Waals surface area (Å²) in [6.07, 6.45) is 2.09. The van der Waals surface area contributed by atoms with Gasteiger partial charge in [0.25, 0.3) is 0 Å². The van der Waals surface area contributed by atoms with Gasteiger partial charge in [0.1, 0.15) is 0 Å². The van der Waals surface area contributed by atoms with Crippen molar-refractivity contribution < 1.29 is 0 Å². The van der Waals surface area contributed by atoms with Crippen LogP contribution in [0.15, 0.2) is 12.7 Å². The first-order valence-electron chi connectivity index (χ1n) is 3.29. The average molecular weight is 172 g/mol. The second-order valence-corrected chi connectivity index (χ2v) is 8.92. The molecule has 0 saturated heterocycles. The number of allylic oxidation sites excluding steroid dienone is 1. The molecule has 0 nitrogen and oxygen atoms in total. The van der Waals surface area contributed by atoms with E-state index in [1.54, 1.807) is 0 Å². The number of hydrogen-bond donors (Lipinski definition) is 0. The maximum absolute atomic E-state index is 3.74. The summed E-state index contributed by atoms with van der Waals surface area (Å²) in [5.74, 6) is 0. The van der Waals surface area contributed by atoms with Crippen LogP contribution >= 0.6 is 0 Å². The molecule has 0 fully saturated rings.